The van der Waals surface area contributed by atoms with Crippen molar-refractivity contribution >= 4 is 29.0 Å². The molecule has 0 aliphatic heterocycles. The van der Waals surface area contributed by atoms with Crippen molar-refractivity contribution in [3.8, 4) is 0 Å². The largest absolute Gasteiger partial charge is 0.391 e. The summed E-state index contributed by atoms with van der Waals surface area (Å²) in [5, 5.41) is 19.1. The van der Waals surface area contributed by atoms with Gasteiger partial charge in [-0.25, -0.2) is 4.79 Å². The van der Waals surface area contributed by atoms with Crippen molar-refractivity contribution in [3.05, 3.63) is 27.8 Å². The van der Waals surface area contributed by atoms with Gasteiger partial charge in [0, 0.05) is 33.3 Å². The number of carbonyl (C=O) groups excluding carboxylic acids is 2. The summed E-state index contributed by atoms with van der Waals surface area (Å²) < 4.78 is 38.5. The quantitative estimate of drug-likeness (QED) is 0.489. The molecule has 0 spiro atoms. The van der Waals surface area contributed by atoms with Crippen LogP contribution in [-0.2, 0) is 0 Å². The fourth-order valence-electron chi connectivity index (χ4n) is 3.49. The van der Waals surface area contributed by atoms with Crippen LogP contribution in [0, 0.1) is 16.0 Å². The lowest BCUT2D eigenvalue weighted by atomic mass is 9.85. The van der Waals surface area contributed by atoms with E-state index in [2.05, 4.69) is 16.0 Å². The molecule has 3 N–H and O–H groups in total. The molecule has 1 aliphatic carbocycles. The number of rotatable bonds is 5. The van der Waals surface area contributed by atoms with E-state index < -0.39 is 35.0 Å². The smallest absolute Gasteiger partial charge is 0.383 e. The van der Waals surface area contributed by atoms with Crippen molar-refractivity contribution < 1.29 is 27.7 Å². The molecule has 2 rings (SSSR count). The molecule has 12 heteroatoms. The summed E-state index contributed by atoms with van der Waals surface area (Å²) in [6.45, 7) is 0. The summed E-state index contributed by atoms with van der Waals surface area (Å²) in [5.74, 6) is -2.08. The second-order valence-corrected chi connectivity index (χ2v) is 7.07. The van der Waals surface area contributed by atoms with Crippen molar-refractivity contribution in [2.24, 2.45) is 5.92 Å². The van der Waals surface area contributed by atoms with Gasteiger partial charge in [0.1, 0.15) is 5.69 Å². The average molecular weight is 431 g/mol. The van der Waals surface area contributed by atoms with E-state index in [1.165, 1.54) is 27.2 Å². The predicted molar refractivity (Wildman–Crippen MR) is 105 cm³/mol. The number of alkyl halides is 3. The van der Waals surface area contributed by atoms with Gasteiger partial charge >= 0.3 is 12.2 Å². The van der Waals surface area contributed by atoms with E-state index in [1.807, 2.05) is 0 Å². The summed E-state index contributed by atoms with van der Waals surface area (Å²) >= 11 is 0. The molecule has 0 radical (unpaired) electrons. The lowest BCUT2D eigenvalue weighted by molar-refractivity contribution is -0.383. The number of nitro benzene ring substituents is 1. The van der Waals surface area contributed by atoms with Crippen LogP contribution < -0.4 is 20.9 Å². The van der Waals surface area contributed by atoms with Crippen LogP contribution in [0.1, 0.15) is 36.0 Å². The number of urea groups is 1. The molecular weight excluding hydrogens is 407 g/mol. The molecule has 0 atom stereocenters. The average Bonchev–Trinajstić information content (AvgIpc) is 2.71. The van der Waals surface area contributed by atoms with Crippen LogP contribution in [0.2, 0.25) is 0 Å². The molecule has 0 saturated heterocycles. The molecule has 0 aromatic heterocycles. The number of amides is 3. The normalized spacial score (nSPS) is 19.0. The molecule has 1 fully saturated rings. The highest BCUT2D eigenvalue weighted by atomic mass is 19.4. The van der Waals surface area contributed by atoms with Crippen LogP contribution >= 0.6 is 0 Å². The zero-order chi connectivity index (χ0) is 22.6. The molecule has 1 aromatic rings. The lowest BCUT2D eigenvalue weighted by Gasteiger charge is -2.30. The lowest BCUT2D eigenvalue weighted by Crippen LogP contribution is -2.41. The van der Waals surface area contributed by atoms with Crippen LogP contribution in [0.3, 0.4) is 0 Å². The molecule has 0 bridgehead atoms. The number of nitro groups is 1. The first-order chi connectivity index (χ1) is 14.0. The molecule has 166 valence electrons. The Morgan fingerprint density at radius 3 is 2.23 bits per heavy atom. The van der Waals surface area contributed by atoms with Gasteiger partial charge in [-0.3, -0.25) is 19.8 Å². The highest BCUT2D eigenvalue weighted by molar-refractivity contribution is 6.06. The molecule has 1 saturated carbocycles. The maximum atomic E-state index is 12.9. The molecule has 3 amide bonds. The monoisotopic (exact) mass is 431 g/mol. The number of hydrogen-bond donors (Lipinski definition) is 3. The van der Waals surface area contributed by atoms with E-state index in [9.17, 15) is 32.9 Å². The van der Waals surface area contributed by atoms with Crippen LogP contribution in [0.25, 0.3) is 0 Å². The van der Waals surface area contributed by atoms with Crippen LogP contribution in [0.4, 0.5) is 35.0 Å². The molecule has 1 aliphatic rings. The van der Waals surface area contributed by atoms with Crippen LogP contribution in [-0.4, -0.2) is 50.2 Å². The number of nitrogens with one attached hydrogen (secondary N) is 3. The van der Waals surface area contributed by atoms with E-state index in [1.54, 1.807) is 0 Å². The highest BCUT2D eigenvalue weighted by Crippen LogP contribution is 2.38. The Morgan fingerprint density at radius 1 is 1.17 bits per heavy atom. The van der Waals surface area contributed by atoms with Gasteiger partial charge in [0.25, 0.3) is 11.6 Å². The third-order valence-corrected chi connectivity index (χ3v) is 5.23. The van der Waals surface area contributed by atoms with E-state index >= 15 is 0 Å². The summed E-state index contributed by atoms with van der Waals surface area (Å²) in [4.78, 5) is 36.8. The first kappa shape index (κ1) is 23.2. The van der Waals surface area contributed by atoms with Gasteiger partial charge in [0.05, 0.1) is 22.1 Å². The zero-order valence-corrected chi connectivity index (χ0v) is 16.8. The number of carbonyl (C=O) groups is 2. The topological polar surface area (TPSA) is 117 Å². The maximum absolute atomic E-state index is 12.9. The third kappa shape index (κ3) is 5.10. The van der Waals surface area contributed by atoms with Crippen molar-refractivity contribution in [1.82, 2.24) is 10.6 Å². The predicted octanol–water partition coefficient (Wildman–Crippen LogP) is 3.26. The van der Waals surface area contributed by atoms with Gasteiger partial charge in [0.15, 0.2) is 0 Å². The van der Waals surface area contributed by atoms with Gasteiger partial charge in [-0.05, 0) is 31.7 Å². The van der Waals surface area contributed by atoms with Gasteiger partial charge in [-0.1, -0.05) is 0 Å². The molecule has 1 aromatic carbocycles. The Bertz CT molecular complexity index is 823. The Balaban J connectivity index is 2.31. The van der Waals surface area contributed by atoms with Gasteiger partial charge in [-0.2, -0.15) is 13.2 Å². The SMILES string of the molecule is CNC(=O)N(C)c1cc(NC)c([N+](=O)[O-])cc1C(=O)NC1CCC(C(F)(F)F)CC1. The van der Waals surface area contributed by atoms with Crippen molar-refractivity contribution in [1.29, 1.82) is 0 Å². The fraction of sp³-hybridized carbons (Fsp3) is 0.556. The second kappa shape index (κ2) is 9.18. The molecule has 0 heterocycles. The maximum Gasteiger partial charge on any atom is 0.391 e. The summed E-state index contributed by atoms with van der Waals surface area (Å²) in [6, 6.07) is 1.32. The van der Waals surface area contributed by atoms with E-state index in [-0.39, 0.29) is 48.3 Å². The number of benzene rings is 1. The van der Waals surface area contributed by atoms with Crippen molar-refractivity contribution in [2.75, 3.05) is 31.4 Å². The number of anilines is 2. The summed E-state index contributed by atoms with van der Waals surface area (Å²) in [6.07, 6.45) is -4.17. The van der Waals surface area contributed by atoms with Gasteiger partial charge < -0.3 is 16.0 Å². The van der Waals surface area contributed by atoms with Crippen molar-refractivity contribution in [3.63, 3.8) is 0 Å². The van der Waals surface area contributed by atoms with Crippen molar-refractivity contribution in [2.45, 2.75) is 37.9 Å². The molecular formula is C18H24F3N5O4. The molecule has 9 nitrogen and oxygen atoms in total. The Labute approximate surface area is 171 Å². The number of nitrogens with zero attached hydrogens (tertiary/aromatic N) is 2. The Morgan fingerprint density at radius 2 is 1.77 bits per heavy atom. The Kier molecular flexibility index (Phi) is 7.11. The minimum Gasteiger partial charge on any atom is -0.383 e. The summed E-state index contributed by atoms with van der Waals surface area (Å²) in [5.41, 5.74) is -0.263. The number of hydrogen-bond acceptors (Lipinski definition) is 5. The van der Waals surface area contributed by atoms with Gasteiger partial charge in [-0.15, -0.1) is 0 Å². The Hall–Kier alpha value is -3.05. The first-order valence-corrected chi connectivity index (χ1v) is 9.32. The number of halogens is 3. The second-order valence-electron chi connectivity index (χ2n) is 7.07. The van der Waals surface area contributed by atoms with Crippen LogP contribution in [0.15, 0.2) is 12.1 Å². The standard InChI is InChI=1S/C18H24F3N5O4/c1-22-13-9-14(25(3)17(28)23-2)12(8-15(13)26(29)30)16(27)24-11-6-4-10(5-7-11)18(19,20)21/h8-11,22H,4-7H2,1-3H3,(H,23,28)(H,24,27). The van der Waals surface area contributed by atoms with Gasteiger partial charge in [0.2, 0.25) is 0 Å². The minimum atomic E-state index is -4.26. The summed E-state index contributed by atoms with van der Waals surface area (Å²) in [7, 11) is 4.25. The van der Waals surface area contributed by atoms with Crippen LogP contribution in [0.5, 0.6) is 0 Å². The van der Waals surface area contributed by atoms with E-state index in [0.717, 1.165) is 11.0 Å². The molecule has 0 unspecified atom stereocenters. The first-order valence-electron chi connectivity index (χ1n) is 9.32. The third-order valence-electron chi connectivity index (χ3n) is 5.23. The van der Waals surface area contributed by atoms with E-state index in [0.29, 0.717) is 0 Å². The zero-order valence-electron chi connectivity index (χ0n) is 16.8. The molecule has 30 heavy (non-hydrogen) atoms. The minimum absolute atomic E-state index is 0.0989. The van der Waals surface area contributed by atoms with E-state index in [4.69, 9.17) is 0 Å². The fourth-order valence-corrected chi connectivity index (χ4v) is 3.49. The highest BCUT2D eigenvalue weighted by Gasteiger charge is 2.41.